The molecule has 0 spiro atoms. The molecule has 0 bridgehead atoms. The highest BCUT2D eigenvalue weighted by Gasteiger charge is 2.22. The van der Waals surface area contributed by atoms with Crippen LogP contribution in [0, 0.1) is 10.1 Å². The molecule has 2 heterocycles. The third-order valence-electron chi connectivity index (χ3n) is 2.71. The van der Waals surface area contributed by atoms with E-state index in [-0.39, 0.29) is 17.4 Å². The summed E-state index contributed by atoms with van der Waals surface area (Å²) in [6.45, 7) is 1.74. The Morgan fingerprint density at radius 1 is 1.55 bits per heavy atom. The highest BCUT2D eigenvalue weighted by atomic mass is 16.6. The Hall–Kier alpha value is -2.97. The number of hydrogen-bond donors (Lipinski definition) is 3. The monoisotopic (exact) mass is 276 g/mol. The quantitative estimate of drug-likeness (QED) is 0.557. The van der Waals surface area contributed by atoms with Crippen LogP contribution in [0.5, 0.6) is 0 Å². The van der Waals surface area contributed by atoms with Crippen LogP contribution < -0.4 is 11.1 Å². The molecule has 1 unspecified atom stereocenters. The second kappa shape index (κ2) is 5.34. The van der Waals surface area contributed by atoms with Crippen molar-refractivity contribution in [1.29, 1.82) is 0 Å². The first-order valence-electron chi connectivity index (χ1n) is 5.68. The Labute approximate surface area is 113 Å². The summed E-state index contributed by atoms with van der Waals surface area (Å²) in [5, 5.41) is 19.9. The first-order valence-corrected chi connectivity index (χ1v) is 5.68. The van der Waals surface area contributed by atoms with Crippen molar-refractivity contribution in [2.45, 2.75) is 13.0 Å². The number of nitro groups is 1. The molecule has 0 saturated carbocycles. The average Bonchev–Trinajstić information content (AvgIpc) is 2.92. The fourth-order valence-corrected chi connectivity index (χ4v) is 1.65. The van der Waals surface area contributed by atoms with Gasteiger partial charge in [0.2, 0.25) is 0 Å². The highest BCUT2D eigenvalue weighted by molar-refractivity contribution is 5.98. The van der Waals surface area contributed by atoms with Crippen LogP contribution in [0.25, 0.3) is 0 Å². The normalized spacial score (nSPS) is 11.8. The number of nitrogens with zero attached hydrogens (tertiary/aromatic N) is 3. The van der Waals surface area contributed by atoms with Crippen LogP contribution in [0.3, 0.4) is 0 Å². The fraction of sp³-hybridized carbons (Fsp3) is 0.182. The number of nitrogen functional groups attached to an aromatic ring is 1. The zero-order valence-corrected chi connectivity index (χ0v) is 10.5. The molecule has 1 amide bonds. The maximum Gasteiger partial charge on any atom is 0.300 e. The predicted molar refractivity (Wildman–Crippen MR) is 69.8 cm³/mol. The maximum absolute atomic E-state index is 12.1. The second-order valence-electron chi connectivity index (χ2n) is 4.11. The molecule has 4 N–H and O–H groups in total. The van der Waals surface area contributed by atoms with E-state index in [2.05, 4.69) is 20.5 Å². The molecule has 9 heteroatoms. The number of nitrogens with one attached hydrogen (secondary N) is 2. The number of carbonyl (C=O) groups excluding carboxylic acids is 1. The fourth-order valence-electron chi connectivity index (χ4n) is 1.65. The summed E-state index contributed by atoms with van der Waals surface area (Å²) in [5.41, 5.74) is 5.70. The van der Waals surface area contributed by atoms with E-state index in [0.29, 0.717) is 0 Å². The number of anilines is 1. The Morgan fingerprint density at radius 3 is 2.90 bits per heavy atom. The van der Waals surface area contributed by atoms with Gasteiger partial charge in [-0.25, -0.2) is 4.98 Å². The number of pyridine rings is 1. The minimum Gasteiger partial charge on any atom is -0.384 e. The summed E-state index contributed by atoms with van der Waals surface area (Å²) in [6.07, 6.45) is 4.15. The number of hydrogen-bond acceptors (Lipinski definition) is 6. The summed E-state index contributed by atoms with van der Waals surface area (Å²) >= 11 is 0. The van der Waals surface area contributed by atoms with Crippen molar-refractivity contribution in [3.8, 4) is 0 Å². The van der Waals surface area contributed by atoms with Crippen LogP contribution in [-0.2, 0) is 0 Å². The van der Waals surface area contributed by atoms with E-state index in [0.717, 1.165) is 11.8 Å². The van der Waals surface area contributed by atoms with Crippen LogP contribution in [-0.4, -0.2) is 26.0 Å². The van der Waals surface area contributed by atoms with Gasteiger partial charge in [-0.2, -0.15) is 5.10 Å². The van der Waals surface area contributed by atoms with E-state index in [1.54, 1.807) is 19.3 Å². The molecule has 0 aliphatic rings. The molecule has 0 aliphatic heterocycles. The lowest BCUT2D eigenvalue weighted by atomic mass is 10.1. The Morgan fingerprint density at radius 2 is 2.30 bits per heavy atom. The molecule has 9 nitrogen and oxygen atoms in total. The molecule has 2 aromatic rings. The van der Waals surface area contributed by atoms with Crippen molar-refractivity contribution in [3.63, 3.8) is 0 Å². The smallest absolute Gasteiger partial charge is 0.300 e. The molecule has 0 fully saturated rings. The first-order chi connectivity index (χ1) is 9.49. The van der Waals surface area contributed by atoms with Gasteiger partial charge in [0.1, 0.15) is 17.6 Å². The first kappa shape index (κ1) is 13.5. The molecule has 0 radical (unpaired) electrons. The third-order valence-corrected chi connectivity index (χ3v) is 2.71. The highest BCUT2D eigenvalue weighted by Crippen LogP contribution is 2.20. The number of nitrogens with two attached hydrogens (primary N) is 1. The molecular weight excluding hydrogens is 264 g/mol. The molecule has 0 aliphatic carbocycles. The summed E-state index contributed by atoms with van der Waals surface area (Å²) < 4.78 is 0. The van der Waals surface area contributed by atoms with Crippen LogP contribution in [0.15, 0.2) is 24.7 Å². The van der Waals surface area contributed by atoms with Crippen LogP contribution >= 0.6 is 0 Å². The standard InChI is InChI=1S/C11H12N6O3/c1-6(7-3-14-15-4-7)16-11(18)8-2-10(12)13-5-9(8)17(19)20/h2-6H,1H3,(H2,12,13)(H,14,15)(H,16,18). The number of H-pyrrole nitrogens is 1. The van der Waals surface area contributed by atoms with Gasteiger partial charge in [0.25, 0.3) is 11.6 Å². The Bertz CT molecular complexity index is 640. The van der Waals surface area contributed by atoms with Crippen LogP contribution in [0.4, 0.5) is 11.5 Å². The van der Waals surface area contributed by atoms with E-state index < -0.39 is 16.5 Å². The maximum atomic E-state index is 12.1. The molecule has 104 valence electrons. The zero-order chi connectivity index (χ0) is 14.7. The minimum atomic E-state index is -0.677. The number of aromatic amines is 1. The summed E-state index contributed by atoms with van der Waals surface area (Å²) in [6, 6.07) is 0.825. The predicted octanol–water partition coefficient (Wildman–Crippen LogP) is 0.786. The molecule has 2 rings (SSSR count). The van der Waals surface area contributed by atoms with Crippen molar-refractivity contribution in [1.82, 2.24) is 20.5 Å². The minimum absolute atomic E-state index is 0.0386. The lowest BCUT2D eigenvalue weighted by Crippen LogP contribution is -2.27. The number of amides is 1. The van der Waals surface area contributed by atoms with Gasteiger partial charge in [-0.15, -0.1) is 0 Å². The van der Waals surface area contributed by atoms with E-state index in [4.69, 9.17) is 5.73 Å². The second-order valence-corrected chi connectivity index (χ2v) is 4.11. The number of carbonyl (C=O) groups is 1. The average molecular weight is 276 g/mol. The van der Waals surface area contributed by atoms with Crippen LogP contribution in [0.2, 0.25) is 0 Å². The molecule has 0 aromatic carbocycles. The van der Waals surface area contributed by atoms with E-state index >= 15 is 0 Å². The van der Waals surface area contributed by atoms with Gasteiger partial charge in [-0.3, -0.25) is 20.0 Å². The summed E-state index contributed by atoms with van der Waals surface area (Å²) in [7, 11) is 0. The van der Waals surface area contributed by atoms with Gasteiger partial charge < -0.3 is 11.1 Å². The molecular formula is C11H12N6O3. The van der Waals surface area contributed by atoms with Gasteiger partial charge in [-0.05, 0) is 13.0 Å². The van der Waals surface area contributed by atoms with E-state index in [1.807, 2.05) is 0 Å². The Balaban J connectivity index is 2.25. The zero-order valence-electron chi connectivity index (χ0n) is 10.5. The third kappa shape index (κ3) is 2.71. The van der Waals surface area contributed by atoms with Crippen molar-refractivity contribution >= 4 is 17.4 Å². The van der Waals surface area contributed by atoms with Gasteiger partial charge >= 0.3 is 0 Å². The van der Waals surface area contributed by atoms with Gasteiger partial charge in [-0.1, -0.05) is 0 Å². The summed E-state index contributed by atoms with van der Waals surface area (Å²) in [5.74, 6) is -0.559. The topological polar surface area (TPSA) is 140 Å². The Kier molecular flexibility index (Phi) is 3.60. The summed E-state index contributed by atoms with van der Waals surface area (Å²) in [4.78, 5) is 25.9. The van der Waals surface area contributed by atoms with Crippen molar-refractivity contribution in [2.24, 2.45) is 0 Å². The van der Waals surface area contributed by atoms with E-state index in [1.165, 1.54) is 6.07 Å². The number of aromatic nitrogens is 3. The van der Waals surface area contributed by atoms with Crippen molar-refractivity contribution in [3.05, 3.63) is 45.9 Å². The van der Waals surface area contributed by atoms with Gasteiger partial charge in [0, 0.05) is 11.8 Å². The number of rotatable bonds is 4. The lowest BCUT2D eigenvalue weighted by Gasteiger charge is -2.12. The van der Waals surface area contributed by atoms with Crippen LogP contribution in [0.1, 0.15) is 28.9 Å². The molecule has 20 heavy (non-hydrogen) atoms. The van der Waals surface area contributed by atoms with Crippen molar-refractivity contribution < 1.29 is 9.72 Å². The van der Waals surface area contributed by atoms with E-state index in [9.17, 15) is 14.9 Å². The molecule has 0 saturated heterocycles. The SMILES string of the molecule is CC(NC(=O)c1cc(N)ncc1[N+](=O)[O-])c1cn[nH]c1. The molecule has 2 aromatic heterocycles. The van der Waals surface area contributed by atoms with Crippen molar-refractivity contribution in [2.75, 3.05) is 5.73 Å². The molecule has 1 atom stereocenters. The van der Waals surface area contributed by atoms with Gasteiger partial charge in [0.05, 0.1) is 17.2 Å². The van der Waals surface area contributed by atoms with Gasteiger partial charge in [0.15, 0.2) is 0 Å². The largest absolute Gasteiger partial charge is 0.384 e. The lowest BCUT2D eigenvalue weighted by molar-refractivity contribution is -0.385.